The van der Waals surface area contributed by atoms with Gasteiger partial charge in [-0.2, -0.15) is 0 Å². The van der Waals surface area contributed by atoms with Gasteiger partial charge in [0.05, 0.1) is 0 Å². The first kappa shape index (κ1) is 2.14. The van der Waals surface area contributed by atoms with E-state index >= 15 is 0 Å². The van der Waals surface area contributed by atoms with E-state index in [2.05, 4.69) is 10.3 Å². The van der Waals surface area contributed by atoms with Crippen molar-refractivity contribution in [1.82, 2.24) is 5.48 Å². The molecule has 3 nitrogen and oxygen atoms in total. The van der Waals surface area contributed by atoms with Crippen molar-refractivity contribution in [3.63, 3.8) is 0 Å². The first-order valence-electron chi connectivity index (χ1n) is 0.987. The number of hydroxylamine groups is 1. The molecule has 1 unspecified atom stereocenters. The van der Waals surface area contributed by atoms with Gasteiger partial charge in [0.15, 0.2) is 0 Å². The van der Waals surface area contributed by atoms with Crippen LogP contribution in [0.3, 0.4) is 0 Å². The molecular formula is CH3NO2. The lowest BCUT2D eigenvalue weighted by Gasteiger charge is -1.49. The van der Waals surface area contributed by atoms with Crippen LogP contribution < -0.4 is 5.48 Å². The summed E-state index contributed by atoms with van der Waals surface area (Å²) in [5.41, 5.74) is 2.15. The highest BCUT2D eigenvalue weighted by Crippen LogP contribution is 1.88. The summed E-state index contributed by atoms with van der Waals surface area (Å²) in [5.74, 6) is 0. The van der Waals surface area contributed by atoms with Gasteiger partial charge in [0, 0.05) is 0 Å². The molecule has 0 amide bonds. The van der Waals surface area contributed by atoms with Crippen LogP contribution in [-0.2, 0) is 4.84 Å². The smallest absolute Gasteiger partial charge is 0.253 e. The third-order valence-electron chi connectivity index (χ3n) is 0.223. The monoisotopic (exact) mass is 61.0 g/mol. The largest absolute Gasteiger partial charge is 0.353 e. The molecule has 3 heteroatoms. The summed E-state index contributed by atoms with van der Waals surface area (Å²) in [7, 11) is 0. The van der Waals surface area contributed by atoms with Crippen molar-refractivity contribution in [2.45, 2.75) is 6.41 Å². The Morgan fingerprint density at radius 1 is 2.00 bits per heavy atom. The minimum atomic E-state index is -0.667. The maximum Gasteiger partial charge on any atom is 0.253 e. The Kier molecular flexibility index (Phi) is 0.228. The zero-order valence-corrected chi connectivity index (χ0v) is 1.93. The van der Waals surface area contributed by atoms with E-state index in [9.17, 15) is 0 Å². The fourth-order valence-electron chi connectivity index (χ4n) is 0.0304. The molecule has 0 aromatic rings. The lowest BCUT2D eigenvalue weighted by atomic mass is 11.3. The van der Waals surface area contributed by atoms with Gasteiger partial charge in [-0.25, -0.2) is 4.84 Å². The van der Waals surface area contributed by atoms with E-state index in [4.69, 9.17) is 5.11 Å². The van der Waals surface area contributed by atoms with Gasteiger partial charge in [0.25, 0.3) is 6.41 Å². The van der Waals surface area contributed by atoms with Crippen molar-refractivity contribution in [2.24, 2.45) is 0 Å². The molecule has 0 aliphatic carbocycles. The van der Waals surface area contributed by atoms with Crippen LogP contribution in [-0.4, -0.2) is 11.5 Å². The van der Waals surface area contributed by atoms with Gasteiger partial charge in [-0.05, 0) is 0 Å². The van der Waals surface area contributed by atoms with Gasteiger partial charge in [-0.1, -0.05) is 0 Å². The fraction of sp³-hybridized carbons (Fsp3) is 1.00. The Hall–Kier alpha value is -0.120. The third-order valence-corrected chi connectivity index (χ3v) is 0.223. The topological polar surface area (TPSA) is 54.7 Å². The Bertz CT molecular complexity index is 25.2. The van der Waals surface area contributed by atoms with E-state index in [-0.39, 0.29) is 0 Å². The Morgan fingerprint density at radius 2 is 2.25 bits per heavy atom. The lowest BCUT2D eigenvalue weighted by Crippen LogP contribution is -1.80. The zero-order chi connectivity index (χ0) is 2.99. The molecule has 1 aliphatic heterocycles. The molecule has 1 atom stereocenters. The first-order chi connectivity index (χ1) is 1.89. The Balaban J connectivity index is 2.17. The van der Waals surface area contributed by atoms with Crippen LogP contribution in [0, 0.1) is 0 Å². The maximum absolute atomic E-state index is 7.83. The molecule has 2 N–H and O–H groups in total. The summed E-state index contributed by atoms with van der Waals surface area (Å²) in [6.45, 7) is 0. The van der Waals surface area contributed by atoms with Crippen molar-refractivity contribution in [3.8, 4) is 0 Å². The standard InChI is InChI=1S/CH3NO2/c3-1-2-4-1/h1-3H. The van der Waals surface area contributed by atoms with Gasteiger partial charge in [0.1, 0.15) is 0 Å². The predicted molar refractivity (Wildman–Crippen MR) is 10.2 cm³/mol. The van der Waals surface area contributed by atoms with Crippen LogP contribution in [0.5, 0.6) is 0 Å². The molecule has 1 rings (SSSR count). The molecule has 0 aromatic carbocycles. The highest BCUT2D eigenvalue weighted by Gasteiger charge is 2.15. The summed E-state index contributed by atoms with van der Waals surface area (Å²) >= 11 is 0. The number of aliphatic hydroxyl groups is 1. The second kappa shape index (κ2) is 0.427. The van der Waals surface area contributed by atoms with Crippen LogP contribution in [0.2, 0.25) is 0 Å². The van der Waals surface area contributed by atoms with Crippen molar-refractivity contribution in [3.05, 3.63) is 0 Å². The highest BCUT2D eigenvalue weighted by atomic mass is 16.9. The summed E-state index contributed by atoms with van der Waals surface area (Å²) in [4.78, 5) is 4.01. The van der Waals surface area contributed by atoms with E-state index in [0.29, 0.717) is 0 Å². The van der Waals surface area contributed by atoms with Crippen molar-refractivity contribution >= 4 is 0 Å². The molecule has 1 fully saturated rings. The number of nitrogens with one attached hydrogen (secondary N) is 1. The molecule has 0 saturated carbocycles. The maximum atomic E-state index is 7.83. The summed E-state index contributed by atoms with van der Waals surface area (Å²) in [5, 5.41) is 7.83. The van der Waals surface area contributed by atoms with E-state index in [1.807, 2.05) is 0 Å². The lowest BCUT2D eigenvalue weighted by molar-refractivity contribution is 0.156. The molecule has 4 heavy (non-hydrogen) atoms. The quantitative estimate of drug-likeness (QED) is 0.346. The minimum Gasteiger partial charge on any atom is -0.353 e. The second-order valence-corrected chi connectivity index (χ2v) is 0.588. The van der Waals surface area contributed by atoms with E-state index in [1.165, 1.54) is 0 Å². The summed E-state index contributed by atoms with van der Waals surface area (Å²) in [6.07, 6.45) is -0.667. The van der Waals surface area contributed by atoms with E-state index in [0.717, 1.165) is 0 Å². The number of rotatable bonds is 0. The van der Waals surface area contributed by atoms with Crippen LogP contribution in [0.25, 0.3) is 0 Å². The average Bonchev–Trinajstić information content (AvgIpc) is 1.75. The number of hydrogen-bond donors (Lipinski definition) is 2. The first-order valence-corrected chi connectivity index (χ1v) is 0.987. The van der Waals surface area contributed by atoms with Gasteiger partial charge >= 0.3 is 0 Å². The summed E-state index contributed by atoms with van der Waals surface area (Å²) in [6, 6.07) is 0. The van der Waals surface area contributed by atoms with Gasteiger partial charge in [-0.3, -0.25) is 0 Å². The van der Waals surface area contributed by atoms with E-state index in [1.54, 1.807) is 0 Å². The van der Waals surface area contributed by atoms with Crippen LogP contribution >= 0.6 is 0 Å². The van der Waals surface area contributed by atoms with Crippen LogP contribution in [0.1, 0.15) is 0 Å². The molecule has 1 heterocycles. The zero-order valence-electron chi connectivity index (χ0n) is 1.93. The second-order valence-electron chi connectivity index (χ2n) is 0.588. The number of hydrogen-bond acceptors (Lipinski definition) is 3. The minimum absolute atomic E-state index is 0.667. The SMILES string of the molecule is OC1NO1. The van der Waals surface area contributed by atoms with Gasteiger partial charge < -0.3 is 5.11 Å². The molecule has 0 radical (unpaired) electrons. The van der Waals surface area contributed by atoms with Crippen molar-refractivity contribution in [2.75, 3.05) is 0 Å². The molecule has 0 aromatic heterocycles. The predicted octanol–water partition coefficient (Wildman–Crippen LogP) is -1.20. The molecule has 1 saturated heterocycles. The third kappa shape index (κ3) is 0.176. The molecule has 0 bridgehead atoms. The van der Waals surface area contributed by atoms with E-state index < -0.39 is 6.41 Å². The van der Waals surface area contributed by atoms with Crippen molar-refractivity contribution < 1.29 is 9.94 Å². The molecular weight excluding hydrogens is 58.0 g/mol. The van der Waals surface area contributed by atoms with Gasteiger partial charge in [-0.15, -0.1) is 5.48 Å². The Labute approximate surface area is 23.1 Å². The van der Waals surface area contributed by atoms with Crippen molar-refractivity contribution in [1.29, 1.82) is 0 Å². The fourth-order valence-corrected chi connectivity index (χ4v) is 0.0304. The average molecular weight is 61.0 g/mol. The van der Waals surface area contributed by atoms with Crippen LogP contribution in [0.4, 0.5) is 0 Å². The summed E-state index contributed by atoms with van der Waals surface area (Å²) < 4.78 is 0. The molecule has 24 valence electrons. The highest BCUT2D eigenvalue weighted by molar-refractivity contribution is 4.29. The molecule has 1 aliphatic rings. The number of aliphatic hydroxyl groups excluding tert-OH is 1. The van der Waals surface area contributed by atoms with Crippen LogP contribution in [0.15, 0.2) is 0 Å². The van der Waals surface area contributed by atoms with Gasteiger partial charge in [0.2, 0.25) is 0 Å². The Morgan fingerprint density at radius 3 is 2.25 bits per heavy atom. The normalized spacial score (nSPS) is 39.8. The molecule has 0 spiro atoms.